The fourth-order valence-electron chi connectivity index (χ4n) is 3.27. The Kier molecular flexibility index (Phi) is 5.97. The zero-order valence-corrected chi connectivity index (χ0v) is 17.7. The third-order valence-corrected chi connectivity index (χ3v) is 6.33. The number of hydrogen-bond acceptors (Lipinski definition) is 4. The number of amides is 2. The van der Waals surface area contributed by atoms with Crippen molar-refractivity contribution in [2.24, 2.45) is 0 Å². The maximum absolute atomic E-state index is 12.5. The van der Waals surface area contributed by atoms with Crippen molar-refractivity contribution >= 4 is 46.6 Å². The van der Waals surface area contributed by atoms with Crippen LogP contribution in [0, 0.1) is 0 Å². The molecule has 0 aromatic heterocycles. The molecule has 7 heteroatoms. The van der Waals surface area contributed by atoms with Crippen LogP contribution < -0.4 is 15.0 Å². The van der Waals surface area contributed by atoms with Crippen LogP contribution in [0.5, 0.6) is 5.75 Å². The number of hydrogen-bond donors (Lipinski definition) is 1. The molecule has 4 rings (SSSR count). The van der Waals surface area contributed by atoms with E-state index in [-0.39, 0.29) is 17.2 Å². The third-order valence-electron chi connectivity index (χ3n) is 4.79. The second kappa shape index (κ2) is 8.81. The van der Waals surface area contributed by atoms with Crippen LogP contribution in [-0.4, -0.2) is 24.7 Å². The first-order chi connectivity index (χ1) is 14.6. The number of halogens is 1. The van der Waals surface area contributed by atoms with Gasteiger partial charge in [-0.3, -0.25) is 14.5 Å². The van der Waals surface area contributed by atoms with Crippen molar-refractivity contribution in [1.29, 1.82) is 0 Å². The number of carbonyl (C=O) groups excluding carboxylic acids is 2. The molecule has 0 saturated carbocycles. The van der Waals surface area contributed by atoms with Crippen molar-refractivity contribution in [3.8, 4) is 5.75 Å². The Bertz CT molecular complexity index is 1070. The van der Waals surface area contributed by atoms with E-state index in [1.807, 2.05) is 48.5 Å². The highest BCUT2D eigenvalue weighted by Crippen LogP contribution is 2.42. The van der Waals surface area contributed by atoms with Gasteiger partial charge in [0.05, 0.1) is 23.4 Å². The number of ether oxygens (including phenoxy) is 1. The van der Waals surface area contributed by atoms with Crippen LogP contribution in [0.1, 0.15) is 21.3 Å². The average molecular weight is 439 g/mol. The first-order valence-corrected chi connectivity index (χ1v) is 10.7. The van der Waals surface area contributed by atoms with E-state index in [0.717, 1.165) is 17.0 Å². The number of carbonyl (C=O) groups is 2. The lowest BCUT2D eigenvalue weighted by Crippen LogP contribution is -2.27. The summed E-state index contributed by atoms with van der Waals surface area (Å²) >= 11 is 7.67. The zero-order valence-electron chi connectivity index (χ0n) is 16.2. The van der Waals surface area contributed by atoms with Crippen LogP contribution in [0.4, 0.5) is 11.4 Å². The molecule has 3 aromatic rings. The number of anilines is 2. The van der Waals surface area contributed by atoms with Gasteiger partial charge >= 0.3 is 0 Å². The van der Waals surface area contributed by atoms with Gasteiger partial charge in [-0.15, -0.1) is 11.8 Å². The highest BCUT2D eigenvalue weighted by molar-refractivity contribution is 8.00. The molecule has 2 amide bonds. The first-order valence-electron chi connectivity index (χ1n) is 9.30. The Balaban J connectivity index is 1.52. The molecular formula is C23H19ClN2O3S. The summed E-state index contributed by atoms with van der Waals surface area (Å²) < 4.78 is 5.20. The Morgan fingerprint density at radius 2 is 1.77 bits per heavy atom. The van der Waals surface area contributed by atoms with Gasteiger partial charge in [0.1, 0.15) is 11.1 Å². The second-order valence-corrected chi connectivity index (χ2v) is 8.16. The molecule has 0 unspecified atom stereocenters. The minimum Gasteiger partial charge on any atom is -0.497 e. The normalized spacial score (nSPS) is 15.9. The van der Waals surface area contributed by atoms with Crippen molar-refractivity contribution in [3.05, 3.63) is 88.9 Å². The molecule has 1 saturated heterocycles. The molecule has 0 aliphatic carbocycles. The number of rotatable bonds is 5. The minimum absolute atomic E-state index is 0.0614. The molecule has 0 spiro atoms. The fraction of sp³-hybridized carbons (Fsp3) is 0.130. The van der Waals surface area contributed by atoms with Gasteiger partial charge in [0.15, 0.2) is 0 Å². The zero-order chi connectivity index (χ0) is 21.1. The van der Waals surface area contributed by atoms with E-state index in [4.69, 9.17) is 16.3 Å². The molecule has 3 aromatic carbocycles. The van der Waals surface area contributed by atoms with Crippen molar-refractivity contribution in [3.63, 3.8) is 0 Å². The Morgan fingerprint density at radius 3 is 2.43 bits per heavy atom. The van der Waals surface area contributed by atoms with Gasteiger partial charge in [0.25, 0.3) is 5.91 Å². The van der Waals surface area contributed by atoms with Crippen molar-refractivity contribution < 1.29 is 14.3 Å². The highest BCUT2D eigenvalue weighted by atomic mass is 35.5. The van der Waals surface area contributed by atoms with Crippen LogP contribution in [0.2, 0.25) is 5.02 Å². The van der Waals surface area contributed by atoms with Crippen LogP contribution >= 0.6 is 23.4 Å². The molecule has 1 aliphatic heterocycles. The maximum Gasteiger partial charge on any atom is 0.257 e. The summed E-state index contributed by atoms with van der Waals surface area (Å²) in [4.78, 5) is 26.8. The molecule has 1 heterocycles. The van der Waals surface area contributed by atoms with Crippen molar-refractivity contribution in [1.82, 2.24) is 0 Å². The number of thioether (sulfide) groups is 1. The average Bonchev–Trinajstić information content (AvgIpc) is 3.16. The third kappa shape index (κ3) is 4.15. The van der Waals surface area contributed by atoms with E-state index in [9.17, 15) is 9.59 Å². The number of nitrogens with zero attached hydrogens (tertiary/aromatic N) is 1. The summed E-state index contributed by atoms with van der Waals surface area (Å²) in [6, 6.07) is 21.9. The lowest BCUT2D eigenvalue weighted by Gasteiger charge is -2.24. The molecular weight excluding hydrogens is 420 g/mol. The van der Waals surface area contributed by atoms with Gasteiger partial charge in [-0.2, -0.15) is 0 Å². The smallest absolute Gasteiger partial charge is 0.257 e. The van der Waals surface area contributed by atoms with Gasteiger partial charge in [0.2, 0.25) is 5.91 Å². The predicted octanol–water partition coefficient (Wildman–Crippen LogP) is 5.38. The molecule has 0 radical (unpaired) electrons. The van der Waals surface area contributed by atoms with E-state index in [1.165, 1.54) is 0 Å². The largest absolute Gasteiger partial charge is 0.497 e. The van der Waals surface area contributed by atoms with Crippen LogP contribution in [0.3, 0.4) is 0 Å². The quantitative estimate of drug-likeness (QED) is 0.581. The lowest BCUT2D eigenvalue weighted by molar-refractivity contribution is -0.115. The summed E-state index contributed by atoms with van der Waals surface area (Å²) in [6.07, 6.45) is 0. The first kappa shape index (κ1) is 20.3. The van der Waals surface area contributed by atoms with Gasteiger partial charge in [0, 0.05) is 11.4 Å². The molecule has 1 atom stereocenters. The summed E-state index contributed by atoms with van der Waals surface area (Å²) in [5.74, 6) is 0.958. The van der Waals surface area contributed by atoms with E-state index in [2.05, 4.69) is 5.32 Å². The van der Waals surface area contributed by atoms with Crippen LogP contribution in [0.15, 0.2) is 72.8 Å². The summed E-state index contributed by atoms with van der Waals surface area (Å²) in [6.45, 7) is 0. The van der Waals surface area contributed by atoms with Crippen molar-refractivity contribution in [2.45, 2.75) is 5.37 Å². The molecule has 152 valence electrons. The fourth-order valence-corrected chi connectivity index (χ4v) is 4.67. The molecule has 1 fully saturated rings. The SMILES string of the molecule is COc1ccc(N2C(=O)CS[C@@H]2c2ccc(NC(=O)c3ccccc3Cl)cc2)cc1. The van der Waals surface area contributed by atoms with Gasteiger partial charge < -0.3 is 10.1 Å². The van der Waals surface area contributed by atoms with Gasteiger partial charge in [-0.05, 0) is 54.1 Å². The van der Waals surface area contributed by atoms with Crippen molar-refractivity contribution in [2.75, 3.05) is 23.1 Å². The molecule has 1 aliphatic rings. The minimum atomic E-state index is -0.265. The van der Waals surface area contributed by atoms with Gasteiger partial charge in [-0.25, -0.2) is 0 Å². The monoisotopic (exact) mass is 438 g/mol. The Labute approximate surface area is 184 Å². The number of benzene rings is 3. The highest BCUT2D eigenvalue weighted by Gasteiger charge is 2.34. The van der Waals surface area contributed by atoms with E-state index >= 15 is 0 Å². The summed E-state index contributed by atoms with van der Waals surface area (Å²) in [7, 11) is 1.61. The standard InChI is InChI=1S/C23H19ClN2O3S/c1-29-18-12-10-17(11-13-18)26-21(27)14-30-23(26)15-6-8-16(9-7-15)25-22(28)19-4-2-3-5-20(19)24/h2-13,23H,14H2,1H3,(H,25,28)/t23-/m1/s1. The predicted molar refractivity (Wildman–Crippen MR) is 122 cm³/mol. The second-order valence-electron chi connectivity index (χ2n) is 6.68. The molecule has 30 heavy (non-hydrogen) atoms. The topological polar surface area (TPSA) is 58.6 Å². The van der Waals surface area contributed by atoms with Crippen LogP contribution in [0.25, 0.3) is 0 Å². The van der Waals surface area contributed by atoms with E-state index < -0.39 is 0 Å². The lowest BCUT2D eigenvalue weighted by atomic mass is 10.1. The number of nitrogens with one attached hydrogen (secondary N) is 1. The van der Waals surface area contributed by atoms with E-state index in [0.29, 0.717) is 22.0 Å². The molecule has 5 nitrogen and oxygen atoms in total. The van der Waals surface area contributed by atoms with E-state index in [1.54, 1.807) is 48.0 Å². The Morgan fingerprint density at radius 1 is 1.07 bits per heavy atom. The van der Waals surface area contributed by atoms with Gasteiger partial charge in [-0.1, -0.05) is 35.9 Å². The summed E-state index contributed by atoms with van der Waals surface area (Å²) in [5, 5.41) is 3.14. The summed E-state index contributed by atoms with van der Waals surface area (Å²) in [5.41, 5.74) is 2.89. The Hall–Kier alpha value is -2.96. The molecule has 1 N–H and O–H groups in total. The molecule has 0 bridgehead atoms. The maximum atomic E-state index is 12.5. The number of methoxy groups -OCH3 is 1. The van der Waals surface area contributed by atoms with Crippen LogP contribution in [-0.2, 0) is 4.79 Å².